The number of hydrogen-bond acceptors (Lipinski definition) is 2. The normalized spacial score (nSPS) is 16.2. The van der Waals surface area contributed by atoms with Crippen LogP contribution in [0.2, 0.25) is 0 Å². The van der Waals surface area contributed by atoms with Crippen molar-refractivity contribution in [2.75, 3.05) is 18.5 Å². The molecule has 0 saturated heterocycles. The lowest BCUT2D eigenvalue weighted by molar-refractivity contribution is 0.206. The molecule has 1 aliphatic carbocycles. The van der Waals surface area contributed by atoms with E-state index in [-0.39, 0.29) is 12.0 Å². The van der Waals surface area contributed by atoms with Gasteiger partial charge in [0.25, 0.3) is 0 Å². The van der Waals surface area contributed by atoms with Gasteiger partial charge in [-0.25, -0.2) is 9.18 Å². The van der Waals surface area contributed by atoms with E-state index in [0.29, 0.717) is 16.7 Å². The minimum Gasteiger partial charge on any atom is -0.396 e. The summed E-state index contributed by atoms with van der Waals surface area (Å²) in [5.74, 6) is -0.429. The van der Waals surface area contributed by atoms with Crippen molar-refractivity contribution in [3.63, 3.8) is 0 Å². The summed E-state index contributed by atoms with van der Waals surface area (Å²) in [5, 5.41) is 14.3. The molecule has 3 N–H and O–H groups in total. The fourth-order valence-electron chi connectivity index (χ4n) is 1.58. The van der Waals surface area contributed by atoms with Crippen molar-refractivity contribution < 1.29 is 14.3 Å². The van der Waals surface area contributed by atoms with E-state index in [1.54, 1.807) is 6.07 Å². The molecule has 0 heterocycles. The minimum absolute atomic E-state index is 0.0835. The molecule has 0 unspecified atom stereocenters. The van der Waals surface area contributed by atoms with Gasteiger partial charge in [0.05, 0.1) is 11.1 Å². The number of aliphatic hydroxyl groups excluding tert-OH is 1. The van der Waals surface area contributed by atoms with E-state index >= 15 is 0 Å². The van der Waals surface area contributed by atoms with Crippen LogP contribution in [0.5, 0.6) is 0 Å². The van der Waals surface area contributed by atoms with Gasteiger partial charge in [-0.05, 0) is 47.0 Å². The first-order valence-electron chi connectivity index (χ1n) is 5.65. The lowest BCUT2D eigenvalue weighted by atomic mass is 10.1. The standard InChI is InChI=1S/C12H14BrFN2O2/c13-9-2-1-8(5-10(9)14)16-11(18)15-6-12(7-17)3-4-12/h1-2,5,17H,3-4,6-7H2,(H2,15,16,18). The molecule has 1 aliphatic rings. The van der Waals surface area contributed by atoms with Crippen LogP contribution in [-0.2, 0) is 0 Å². The summed E-state index contributed by atoms with van der Waals surface area (Å²) in [6.07, 6.45) is 1.85. The first-order valence-corrected chi connectivity index (χ1v) is 6.45. The first-order chi connectivity index (χ1) is 8.54. The summed E-state index contributed by atoms with van der Waals surface area (Å²) in [4.78, 5) is 11.6. The molecule has 0 atom stereocenters. The maximum absolute atomic E-state index is 13.2. The van der Waals surface area contributed by atoms with Crippen molar-refractivity contribution >= 4 is 27.6 Å². The Balaban J connectivity index is 1.85. The van der Waals surface area contributed by atoms with Gasteiger partial charge >= 0.3 is 6.03 Å². The Bertz CT molecular complexity index is 463. The SMILES string of the molecule is O=C(NCC1(CO)CC1)Nc1ccc(Br)c(F)c1. The van der Waals surface area contributed by atoms with Crippen LogP contribution in [0.4, 0.5) is 14.9 Å². The number of carbonyl (C=O) groups is 1. The van der Waals surface area contributed by atoms with Crippen molar-refractivity contribution in [2.45, 2.75) is 12.8 Å². The number of benzene rings is 1. The van der Waals surface area contributed by atoms with Gasteiger partial charge in [0.1, 0.15) is 5.82 Å². The van der Waals surface area contributed by atoms with E-state index in [4.69, 9.17) is 5.11 Å². The number of urea groups is 1. The lowest BCUT2D eigenvalue weighted by Gasteiger charge is -2.13. The highest BCUT2D eigenvalue weighted by molar-refractivity contribution is 9.10. The first kappa shape index (κ1) is 13.3. The topological polar surface area (TPSA) is 61.4 Å². The van der Waals surface area contributed by atoms with E-state index < -0.39 is 11.8 Å². The summed E-state index contributed by atoms with van der Waals surface area (Å²) in [6, 6.07) is 3.98. The molecule has 1 aromatic rings. The highest BCUT2D eigenvalue weighted by Gasteiger charge is 2.42. The zero-order chi connectivity index (χ0) is 13.2. The van der Waals surface area contributed by atoms with E-state index in [1.807, 2.05) is 0 Å². The summed E-state index contributed by atoms with van der Waals surface area (Å²) in [6.45, 7) is 0.522. The van der Waals surface area contributed by atoms with Crippen molar-refractivity contribution in [3.05, 3.63) is 28.5 Å². The zero-order valence-electron chi connectivity index (χ0n) is 9.67. The molecule has 0 aromatic heterocycles. The van der Waals surface area contributed by atoms with Gasteiger partial charge in [-0.15, -0.1) is 0 Å². The minimum atomic E-state index is -0.429. The predicted octanol–water partition coefficient (Wildman–Crippen LogP) is 2.48. The van der Waals surface area contributed by atoms with E-state index in [0.717, 1.165) is 12.8 Å². The maximum Gasteiger partial charge on any atom is 0.319 e. The molecular weight excluding hydrogens is 303 g/mol. The Morgan fingerprint density at radius 3 is 2.78 bits per heavy atom. The van der Waals surface area contributed by atoms with Crippen LogP contribution in [-0.4, -0.2) is 24.3 Å². The number of amides is 2. The molecule has 98 valence electrons. The molecule has 18 heavy (non-hydrogen) atoms. The van der Waals surface area contributed by atoms with Crippen LogP contribution >= 0.6 is 15.9 Å². The number of anilines is 1. The number of carbonyl (C=O) groups excluding carboxylic acids is 1. The molecule has 2 rings (SSSR count). The zero-order valence-corrected chi connectivity index (χ0v) is 11.3. The van der Waals surface area contributed by atoms with E-state index in [1.165, 1.54) is 12.1 Å². The maximum atomic E-state index is 13.2. The van der Waals surface area contributed by atoms with Crippen molar-refractivity contribution in [1.29, 1.82) is 0 Å². The number of nitrogens with one attached hydrogen (secondary N) is 2. The van der Waals surface area contributed by atoms with Gasteiger partial charge in [-0.3, -0.25) is 0 Å². The number of hydrogen-bond donors (Lipinski definition) is 3. The fourth-order valence-corrected chi connectivity index (χ4v) is 1.83. The van der Waals surface area contributed by atoms with Gasteiger partial charge in [0.15, 0.2) is 0 Å². The van der Waals surface area contributed by atoms with Gasteiger partial charge in [-0.2, -0.15) is 0 Å². The van der Waals surface area contributed by atoms with Gasteiger partial charge in [0.2, 0.25) is 0 Å². The largest absolute Gasteiger partial charge is 0.396 e. The molecular formula is C12H14BrFN2O2. The molecule has 1 fully saturated rings. The van der Waals surface area contributed by atoms with Crippen molar-refractivity contribution in [3.8, 4) is 0 Å². The van der Waals surface area contributed by atoms with Crippen LogP contribution in [0, 0.1) is 11.2 Å². The van der Waals surface area contributed by atoms with Gasteiger partial charge in [0, 0.05) is 17.6 Å². The van der Waals surface area contributed by atoms with Gasteiger partial charge in [-0.1, -0.05) is 0 Å². The van der Waals surface area contributed by atoms with Crippen LogP contribution in [0.15, 0.2) is 22.7 Å². The molecule has 0 radical (unpaired) electrons. The second kappa shape index (κ2) is 5.24. The van der Waals surface area contributed by atoms with Crippen LogP contribution in [0.25, 0.3) is 0 Å². The molecule has 1 saturated carbocycles. The van der Waals surface area contributed by atoms with Crippen molar-refractivity contribution in [1.82, 2.24) is 5.32 Å². The third-order valence-electron chi connectivity index (χ3n) is 3.09. The second-order valence-electron chi connectivity index (χ2n) is 4.59. The lowest BCUT2D eigenvalue weighted by Crippen LogP contribution is -2.35. The van der Waals surface area contributed by atoms with Gasteiger partial charge < -0.3 is 15.7 Å². The third kappa shape index (κ3) is 3.20. The van der Waals surface area contributed by atoms with Crippen molar-refractivity contribution in [2.24, 2.45) is 5.41 Å². The highest BCUT2D eigenvalue weighted by atomic mass is 79.9. The van der Waals surface area contributed by atoms with Crippen LogP contribution < -0.4 is 10.6 Å². The van der Waals surface area contributed by atoms with E-state index in [9.17, 15) is 9.18 Å². The smallest absolute Gasteiger partial charge is 0.319 e. The average Bonchev–Trinajstić information content (AvgIpc) is 3.12. The Morgan fingerprint density at radius 2 is 2.22 bits per heavy atom. The molecule has 6 heteroatoms. The highest BCUT2D eigenvalue weighted by Crippen LogP contribution is 2.44. The Labute approximate surface area is 113 Å². The second-order valence-corrected chi connectivity index (χ2v) is 5.45. The molecule has 4 nitrogen and oxygen atoms in total. The molecule has 1 aromatic carbocycles. The number of aliphatic hydroxyl groups is 1. The summed E-state index contributed by atoms with van der Waals surface area (Å²) >= 11 is 3.04. The fraction of sp³-hybridized carbons (Fsp3) is 0.417. The Kier molecular flexibility index (Phi) is 3.87. The molecule has 0 aliphatic heterocycles. The average molecular weight is 317 g/mol. The summed E-state index contributed by atoms with van der Waals surface area (Å²) < 4.78 is 13.6. The van der Waals surface area contributed by atoms with Crippen LogP contribution in [0.3, 0.4) is 0 Å². The Morgan fingerprint density at radius 1 is 1.50 bits per heavy atom. The predicted molar refractivity (Wildman–Crippen MR) is 69.9 cm³/mol. The van der Waals surface area contributed by atoms with E-state index in [2.05, 4.69) is 26.6 Å². The Hall–Kier alpha value is -1.14. The summed E-state index contributed by atoms with van der Waals surface area (Å²) in [5.41, 5.74) is 0.254. The number of halogens is 2. The number of rotatable bonds is 4. The summed E-state index contributed by atoms with van der Waals surface area (Å²) in [7, 11) is 0. The molecule has 0 bridgehead atoms. The van der Waals surface area contributed by atoms with Crippen LogP contribution in [0.1, 0.15) is 12.8 Å². The quantitative estimate of drug-likeness (QED) is 0.799. The third-order valence-corrected chi connectivity index (χ3v) is 3.74. The molecule has 0 spiro atoms. The monoisotopic (exact) mass is 316 g/mol. The molecule has 2 amide bonds.